The molecule has 0 amide bonds. The number of rotatable bonds is 4. The second-order valence-electron chi connectivity index (χ2n) is 6.27. The van der Waals surface area contributed by atoms with Crippen LogP contribution < -0.4 is 20.1 Å². The zero-order valence-electron chi connectivity index (χ0n) is 18.5. The molecule has 0 saturated heterocycles. The van der Waals surface area contributed by atoms with Crippen molar-refractivity contribution < 1.29 is 9.47 Å². The first-order valence-corrected chi connectivity index (χ1v) is 10.3. The highest BCUT2D eigenvalue weighted by Gasteiger charge is 2.23. The van der Waals surface area contributed by atoms with Crippen LogP contribution in [0.2, 0.25) is 0 Å². The summed E-state index contributed by atoms with van der Waals surface area (Å²) in [6.07, 6.45) is 2.98. The molecule has 2 heterocycles. The lowest BCUT2D eigenvalue weighted by molar-refractivity contribution is 0.356. The third-order valence-electron chi connectivity index (χ3n) is 4.74. The van der Waals surface area contributed by atoms with Crippen molar-refractivity contribution in [3.63, 3.8) is 0 Å². The van der Waals surface area contributed by atoms with Gasteiger partial charge in [-0.25, -0.2) is 0 Å². The number of fused-ring (bicyclic) bond motifs is 3. The van der Waals surface area contributed by atoms with Gasteiger partial charge in [-0.05, 0) is 35.7 Å². The standard InChI is InChI=1S/C20H21N3O2.2C2H6/c1-24-18-9-16-17(10-19(18)25-2)22-11-14-7-8-23(20(14)16)12-13-3-5-15(21)6-4-13;2*1-2/h3-6,9-11H,7-8,12,21H2,1-2H3;2*1-2H3. The molecule has 2 N–H and O–H groups in total. The Morgan fingerprint density at radius 1 is 0.966 bits per heavy atom. The van der Waals surface area contributed by atoms with Crippen molar-refractivity contribution in [1.29, 1.82) is 0 Å². The van der Waals surface area contributed by atoms with Gasteiger partial charge in [0.2, 0.25) is 0 Å². The first kappa shape index (κ1) is 22.3. The van der Waals surface area contributed by atoms with Gasteiger partial charge in [-0.1, -0.05) is 39.8 Å². The molecule has 2 aromatic carbocycles. The predicted octanol–water partition coefficient (Wildman–Crippen LogP) is 5.45. The first-order chi connectivity index (χ1) is 14.2. The second kappa shape index (κ2) is 10.6. The van der Waals surface area contributed by atoms with Crippen LogP contribution in [0.5, 0.6) is 11.5 Å². The van der Waals surface area contributed by atoms with Gasteiger partial charge in [-0.15, -0.1) is 0 Å². The number of hydrogen-bond donors (Lipinski definition) is 1. The summed E-state index contributed by atoms with van der Waals surface area (Å²) in [4.78, 5) is 7.01. The van der Waals surface area contributed by atoms with E-state index in [1.807, 2.05) is 58.2 Å². The Morgan fingerprint density at radius 3 is 2.21 bits per heavy atom. The zero-order valence-corrected chi connectivity index (χ0v) is 18.5. The molecule has 5 nitrogen and oxygen atoms in total. The molecule has 1 aromatic heterocycles. The van der Waals surface area contributed by atoms with Gasteiger partial charge in [0.05, 0.1) is 25.4 Å². The minimum Gasteiger partial charge on any atom is -0.493 e. The average Bonchev–Trinajstić information content (AvgIpc) is 3.20. The lowest BCUT2D eigenvalue weighted by Gasteiger charge is -2.21. The third-order valence-corrected chi connectivity index (χ3v) is 4.74. The van der Waals surface area contributed by atoms with Crippen molar-refractivity contribution in [3.8, 4) is 11.5 Å². The number of nitrogen functional groups attached to an aromatic ring is 1. The van der Waals surface area contributed by atoms with Crippen LogP contribution in [0.1, 0.15) is 38.8 Å². The second-order valence-corrected chi connectivity index (χ2v) is 6.27. The van der Waals surface area contributed by atoms with E-state index in [0.29, 0.717) is 5.75 Å². The van der Waals surface area contributed by atoms with E-state index in [1.54, 1.807) is 14.2 Å². The largest absolute Gasteiger partial charge is 0.493 e. The van der Waals surface area contributed by atoms with Crippen LogP contribution in [0.4, 0.5) is 11.4 Å². The Kier molecular flexibility index (Phi) is 8.13. The fraction of sp³-hybridized carbons (Fsp3) is 0.375. The molecular weight excluding hydrogens is 362 g/mol. The normalized spacial score (nSPS) is 11.7. The maximum Gasteiger partial charge on any atom is 0.162 e. The van der Waals surface area contributed by atoms with E-state index >= 15 is 0 Å². The maximum absolute atomic E-state index is 5.80. The molecule has 0 bridgehead atoms. The average molecular weight is 396 g/mol. The molecule has 0 atom stereocenters. The van der Waals surface area contributed by atoms with Gasteiger partial charge in [0.1, 0.15) is 0 Å². The van der Waals surface area contributed by atoms with Crippen LogP contribution >= 0.6 is 0 Å². The molecule has 0 radical (unpaired) electrons. The highest BCUT2D eigenvalue weighted by molar-refractivity contribution is 5.96. The van der Waals surface area contributed by atoms with Gasteiger partial charge in [-0.3, -0.25) is 4.98 Å². The SMILES string of the molecule is CC.CC.COc1cc2ncc3c(c2cc1OC)N(Cc1ccc(N)cc1)CC3. The van der Waals surface area contributed by atoms with Crippen molar-refractivity contribution in [3.05, 3.63) is 53.7 Å². The molecular formula is C24H33N3O2. The van der Waals surface area contributed by atoms with Gasteiger partial charge in [0, 0.05) is 36.4 Å². The lowest BCUT2D eigenvalue weighted by Crippen LogP contribution is -2.20. The van der Waals surface area contributed by atoms with Gasteiger partial charge in [-0.2, -0.15) is 0 Å². The summed E-state index contributed by atoms with van der Waals surface area (Å²) in [5, 5.41) is 1.10. The van der Waals surface area contributed by atoms with E-state index in [1.165, 1.54) is 16.8 Å². The molecule has 5 heteroatoms. The number of nitrogens with two attached hydrogens (primary N) is 1. The summed E-state index contributed by atoms with van der Waals surface area (Å²) in [6, 6.07) is 12.0. The fourth-order valence-electron chi connectivity index (χ4n) is 3.47. The summed E-state index contributed by atoms with van der Waals surface area (Å²) in [5.74, 6) is 1.43. The summed E-state index contributed by atoms with van der Waals surface area (Å²) in [5.41, 5.74) is 11.3. The monoisotopic (exact) mass is 395 g/mol. The highest BCUT2D eigenvalue weighted by Crippen LogP contribution is 2.40. The van der Waals surface area contributed by atoms with Gasteiger partial charge in [0.25, 0.3) is 0 Å². The van der Waals surface area contributed by atoms with Crippen LogP contribution in [-0.4, -0.2) is 25.7 Å². The number of nitrogens with zero attached hydrogens (tertiary/aromatic N) is 2. The number of methoxy groups -OCH3 is 2. The van der Waals surface area contributed by atoms with E-state index in [4.69, 9.17) is 15.2 Å². The smallest absolute Gasteiger partial charge is 0.162 e. The van der Waals surface area contributed by atoms with Crippen LogP contribution in [0.15, 0.2) is 42.6 Å². The highest BCUT2D eigenvalue weighted by atomic mass is 16.5. The Bertz CT molecular complexity index is 924. The van der Waals surface area contributed by atoms with Crippen LogP contribution in [-0.2, 0) is 13.0 Å². The van der Waals surface area contributed by atoms with E-state index in [0.717, 1.165) is 41.9 Å². The maximum atomic E-state index is 5.80. The van der Waals surface area contributed by atoms with Crippen LogP contribution in [0, 0.1) is 0 Å². The van der Waals surface area contributed by atoms with Gasteiger partial charge >= 0.3 is 0 Å². The summed E-state index contributed by atoms with van der Waals surface area (Å²) in [6.45, 7) is 9.83. The number of hydrogen-bond acceptors (Lipinski definition) is 5. The molecule has 4 rings (SSSR count). The van der Waals surface area contributed by atoms with Crippen molar-refractivity contribution >= 4 is 22.3 Å². The molecule has 1 aliphatic rings. The molecule has 0 fully saturated rings. The lowest BCUT2D eigenvalue weighted by atomic mass is 10.1. The van der Waals surface area contributed by atoms with Crippen LogP contribution in [0.25, 0.3) is 10.9 Å². The van der Waals surface area contributed by atoms with Crippen molar-refractivity contribution in [2.75, 3.05) is 31.4 Å². The van der Waals surface area contributed by atoms with E-state index < -0.39 is 0 Å². The van der Waals surface area contributed by atoms with Gasteiger partial charge in [0.15, 0.2) is 11.5 Å². The fourth-order valence-corrected chi connectivity index (χ4v) is 3.47. The Morgan fingerprint density at radius 2 is 1.59 bits per heavy atom. The van der Waals surface area contributed by atoms with E-state index in [2.05, 4.69) is 22.0 Å². The van der Waals surface area contributed by atoms with Crippen molar-refractivity contribution in [1.82, 2.24) is 4.98 Å². The Labute approximate surface area is 174 Å². The minimum atomic E-state index is 0.700. The molecule has 156 valence electrons. The Balaban J connectivity index is 0.000000707. The number of aromatic nitrogens is 1. The first-order valence-electron chi connectivity index (χ1n) is 10.3. The number of anilines is 2. The molecule has 0 unspecified atom stereocenters. The molecule has 0 spiro atoms. The predicted molar refractivity (Wildman–Crippen MR) is 123 cm³/mol. The van der Waals surface area contributed by atoms with Crippen molar-refractivity contribution in [2.24, 2.45) is 0 Å². The topological polar surface area (TPSA) is 60.6 Å². The van der Waals surface area contributed by atoms with Crippen LogP contribution in [0.3, 0.4) is 0 Å². The number of pyridine rings is 1. The molecule has 29 heavy (non-hydrogen) atoms. The molecule has 0 aliphatic carbocycles. The van der Waals surface area contributed by atoms with E-state index in [9.17, 15) is 0 Å². The summed E-state index contributed by atoms with van der Waals surface area (Å²) >= 11 is 0. The third kappa shape index (κ3) is 4.73. The molecule has 0 saturated carbocycles. The van der Waals surface area contributed by atoms with E-state index in [-0.39, 0.29) is 0 Å². The number of ether oxygens (including phenoxy) is 2. The van der Waals surface area contributed by atoms with Gasteiger partial charge < -0.3 is 20.1 Å². The van der Waals surface area contributed by atoms with Crippen molar-refractivity contribution in [2.45, 2.75) is 40.7 Å². The minimum absolute atomic E-state index is 0.700. The molecule has 3 aromatic rings. The quantitative estimate of drug-likeness (QED) is 0.595. The molecule has 1 aliphatic heterocycles. The number of benzene rings is 2. The zero-order chi connectivity index (χ0) is 21.4. The Hall–Kier alpha value is -2.95. The summed E-state index contributed by atoms with van der Waals surface area (Å²) < 4.78 is 10.9. The summed E-state index contributed by atoms with van der Waals surface area (Å²) in [7, 11) is 3.30.